The molecule has 0 amide bonds. The molecule has 3 rings (SSSR count). The average molecular weight is 238 g/mol. The van der Waals surface area contributed by atoms with Gasteiger partial charge in [0.25, 0.3) is 5.78 Å². The average Bonchev–Trinajstić information content (AvgIpc) is 2.66. The van der Waals surface area contributed by atoms with E-state index in [-0.39, 0.29) is 0 Å². The van der Waals surface area contributed by atoms with Crippen LogP contribution in [0.2, 0.25) is 0 Å². The monoisotopic (exact) mass is 238 g/mol. The highest BCUT2D eigenvalue weighted by molar-refractivity contribution is 6.44. The Hall–Kier alpha value is -2.42. The molecule has 0 fully saturated rings. The van der Waals surface area contributed by atoms with E-state index in [0.29, 0.717) is 11.3 Å². The highest BCUT2D eigenvalue weighted by Crippen LogP contribution is 2.31. The zero-order valence-electron chi connectivity index (χ0n) is 9.77. The van der Waals surface area contributed by atoms with E-state index in [0.717, 1.165) is 11.1 Å². The number of carbonyl (C=O) groups excluding carboxylic acids is 2. The van der Waals surface area contributed by atoms with Crippen LogP contribution in [-0.2, 0) is 4.79 Å². The summed E-state index contributed by atoms with van der Waals surface area (Å²) in [7, 11) is 0. The summed E-state index contributed by atoms with van der Waals surface area (Å²) in [5, 5.41) is 0. The minimum Gasteiger partial charge on any atom is -0.420 e. The van der Waals surface area contributed by atoms with Crippen LogP contribution in [0.1, 0.15) is 15.9 Å². The van der Waals surface area contributed by atoms with Crippen molar-refractivity contribution in [3.63, 3.8) is 0 Å². The molecular formula is C15H10O3. The van der Waals surface area contributed by atoms with Crippen LogP contribution in [0.5, 0.6) is 5.75 Å². The van der Waals surface area contributed by atoms with Gasteiger partial charge in [0.05, 0.1) is 5.56 Å². The predicted molar refractivity (Wildman–Crippen MR) is 66.6 cm³/mol. The number of benzene rings is 2. The summed E-state index contributed by atoms with van der Waals surface area (Å²) < 4.78 is 4.84. The zero-order valence-corrected chi connectivity index (χ0v) is 9.77. The fourth-order valence-electron chi connectivity index (χ4n) is 1.98. The molecule has 0 saturated heterocycles. The maximum absolute atomic E-state index is 11.6. The van der Waals surface area contributed by atoms with Crippen LogP contribution in [0.4, 0.5) is 0 Å². The Balaban J connectivity index is 2.09. The molecule has 2 aromatic carbocycles. The quantitative estimate of drug-likeness (QED) is 0.436. The smallest absolute Gasteiger partial charge is 0.385 e. The normalized spacial score (nSPS) is 13.4. The van der Waals surface area contributed by atoms with E-state index in [2.05, 4.69) is 0 Å². The van der Waals surface area contributed by atoms with Crippen LogP contribution in [0, 0.1) is 6.92 Å². The topological polar surface area (TPSA) is 43.4 Å². The second-order valence-electron chi connectivity index (χ2n) is 4.30. The van der Waals surface area contributed by atoms with Crippen molar-refractivity contribution in [1.82, 2.24) is 0 Å². The minimum atomic E-state index is -0.800. The van der Waals surface area contributed by atoms with Crippen LogP contribution in [-0.4, -0.2) is 11.8 Å². The predicted octanol–water partition coefficient (Wildman–Crippen LogP) is 2.76. The number of ether oxygens (including phenoxy) is 1. The fourth-order valence-corrected chi connectivity index (χ4v) is 1.98. The molecule has 0 radical (unpaired) electrons. The number of Topliss-reactive ketones (excluding diaryl/α,β-unsaturated/α-hetero) is 1. The third-order valence-corrected chi connectivity index (χ3v) is 3.00. The van der Waals surface area contributed by atoms with Crippen molar-refractivity contribution in [3.05, 3.63) is 53.6 Å². The van der Waals surface area contributed by atoms with Crippen molar-refractivity contribution in [3.8, 4) is 16.9 Å². The van der Waals surface area contributed by atoms with Gasteiger partial charge in [-0.25, -0.2) is 4.79 Å². The first-order chi connectivity index (χ1) is 8.65. The van der Waals surface area contributed by atoms with Crippen molar-refractivity contribution in [2.75, 3.05) is 0 Å². The van der Waals surface area contributed by atoms with Gasteiger partial charge >= 0.3 is 5.97 Å². The molecule has 0 aromatic heterocycles. The lowest BCUT2D eigenvalue weighted by molar-refractivity contribution is -0.128. The maximum atomic E-state index is 11.6. The third-order valence-electron chi connectivity index (χ3n) is 3.00. The number of hydrogen-bond donors (Lipinski definition) is 0. The van der Waals surface area contributed by atoms with E-state index >= 15 is 0 Å². The van der Waals surface area contributed by atoms with Gasteiger partial charge in [0.1, 0.15) is 5.75 Å². The molecule has 3 heteroatoms. The lowest BCUT2D eigenvalue weighted by atomic mass is 10.0. The molecule has 88 valence electrons. The summed E-state index contributed by atoms with van der Waals surface area (Å²) in [4.78, 5) is 22.7. The summed E-state index contributed by atoms with van der Waals surface area (Å²) in [5.41, 5.74) is 3.43. The van der Waals surface area contributed by atoms with Crippen LogP contribution < -0.4 is 4.74 Å². The van der Waals surface area contributed by atoms with E-state index in [1.54, 1.807) is 12.1 Å². The van der Waals surface area contributed by atoms with Crippen LogP contribution >= 0.6 is 0 Å². The molecular weight excluding hydrogens is 228 g/mol. The van der Waals surface area contributed by atoms with Crippen molar-refractivity contribution in [1.29, 1.82) is 0 Å². The summed E-state index contributed by atoms with van der Waals surface area (Å²) in [6.07, 6.45) is 0. The molecule has 0 spiro atoms. The van der Waals surface area contributed by atoms with Gasteiger partial charge in [-0.1, -0.05) is 35.9 Å². The summed E-state index contributed by atoms with van der Waals surface area (Å²) in [6, 6.07) is 13.2. The van der Waals surface area contributed by atoms with Gasteiger partial charge in [0.2, 0.25) is 0 Å². The number of esters is 1. The molecule has 0 N–H and O–H groups in total. The first-order valence-corrected chi connectivity index (χ1v) is 5.63. The third kappa shape index (κ3) is 1.61. The lowest BCUT2D eigenvalue weighted by Crippen LogP contribution is -2.10. The summed E-state index contributed by atoms with van der Waals surface area (Å²) in [6.45, 7) is 2.02. The first kappa shape index (κ1) is 10.7. The molecule has 3 nitrogen and oxygen atoms in total. The lowest BCUT2D eigenvalue weighted by Gasteiger charge is -2.03. The summed E-state index contributed by atoms with van der Waals surface area (Å²) in [5.74, 6) is -1.02. The van der Waals surface area contributed by atoms with Crippen LogP contribution in [0.25, 0.3) is 11.1 Å². The van der Waals surface area contributed by atoms with Gasteiger partial charge in [-0.05, 0) is 30.2 Å². The van der Waals surface area contributed by atoms with Crippen LogP contribution in [0.15, 0.2) is 42.5 Å². The molecule has 0 bridgehead atoms. The highest BCUT2D eigenvalue weighted by Gasteiger charge is 2.30. The highest BCUT2D eigenvalue weighted by atomic mass is 16.5. The van der Waals surface area contributed by atoms with Gasteiger partial charge in [-0.2, -0.15) is 0 Å². The van der Waals surface area contributed by atoms with Crippen LogP contribution in [0.3, 0.4) is 0 Å². The Labute approximate surface area is 104 Å². The molecule has 18 heavy (non-hydrogen) atoms. The standard InChI is InChI=1S/C15H10O3/c1-9-2-4-10(5-3-9)11-6-7-13-12(8-11)14(16)15(17)18-13/h2-8H,1H3. The molecule has 1 heterocycles. The first-order valence-electron chi connectivity index (χ1n) is 5.63. The van der Waals surface area contributed by atoms with E-state index in [1.807, 2.05) is 37.3 Å². The van der Waals surface area contributed by atoms with Gasteiger partial charge in [0.15, 0.2) is 0 Å². The Morgan fingerprint density at radius 3 is 2.28 bits per heavy atom. The zero-order chi connectivity index (χ0) is 12.7. The van der Waals surface area contributed by atoms with Gasteiger partial charge in [0, 0.05) is 0 Å². The van der Waals surface area contributed by atoms with E-state index in [4.69, 9.17) is 4.74 Å². The number of fused-ring (bicyclic) bond motifs is 1. The molecule has 0 aliphatic carbocycles. The molecule has 0 atom stereocenters. The van der Waals surface area contributed by atoms with Gasteiger partial charge in [-0.15, -0.1) is 0 Å². The largest absolute Gasteiger partial charge is 0.420 e. The molecule has 0 saturated carbocycles. The Bertz CT molecular complexity index is 654. The second-order valence-corrected chi connectivity index (χ2v) is 4.30. The van der Waals surface area contributed by atoms with Crippen molar-refractivity contribution < 1.29 is 14.3 Å². The molecule has 1 aliphatic rings. The molecule has 1 aliphatic heterocycles. The molecule has 2 aromatic rings. The number of hydrogen-bond acceptors (Lipinski definition) is 3. The fraction of sp³-hybridized carbons (Fsp3) is 0.0667. The number of aryl methyl sites for hydroxylation is 1. The van der Waals surface area contributed by atoms with Gasteiger partial charge in [-0.3, -0.25) is 4.79 Å². The number of carbonyl (C=O) groups is 2. The molecule has 0 unspecified atom stereocenters. The maximum Gasteiger partial charge on any atom is 0.385 e. The van der Waals surface area contributed by atoms with E-state index in [9.17, 15) is 9.59 Å². The number of ketones is 1. The van der Waals surface area contributed by atoms with E-state index < -0.39 is 11.8 Å². The van der Waals surface area contributed by atoms with E-state index in [1.165, 1.54) is 5.56 Å². The minimum absolute atomic E-state index is 0.345. The Morgan fingerprint density at radius 1 is 0.889 bits per heavy atom. The van der Waals surface area contributed by atoms with Crippen molar-refractivity contribution in [2.24, 2.45) is 0 Å². The second kappa shape index (κ2) is 3.81. The summed E-state index contributed by atoms with van der Waals surface area (Å²) >= 11 is 0. The SMILES string of the molecule is Cc1ccc(-c2ccc3c(c2)C(=O)C(=O)O3)cc1. The van der Waals surface area contributed by atoms with Crippen molar-refractivity contribution in [2.45, 2.75) is 6.92 Å². The van der Waals surface area contributed by atoms with Gasteiger partial charge < -0.3 is 4.74 Å². The number of rotatable bonds is 1. The Kier molecular flexibility index (Phi) is 2.27. The van der Waals surface area contributed by atoms with Crippen molar-refractivity contribution >= 4 is 11.8 Å². The Morgan fingerprint density at radius 2 is 1.56 bits per heavy atom.